The van der Waals surface area contributed by atoms with Crippen molar-refractivity contribution >= 4 is 11.9 Å². The van der Waals surface area contributed by atoms with Gasteiger partial charge < -0.3 is 4.90 Å². The van der Waals surface area contributed by atoms with E-state index in [1.54, 1.807) is 0 Å². The van der Waals surface area contributed by atoms with Crippen molar-refractivity contribution < 1.29 is 0 Å². The molecule has 0 bridgehead atoms. The van der Waals surface area contributed by atoms with Crippen LogP contribution in [-0.2, 0) is 0 Å². The van der Waals surface area contributed by atoms with Crippen molar-refractivity contribution in [1.29, 1.82) is 0 Å². The fourth-order valence-corrected chi connectivity index (χ4v) is 1.64. The highest BCUT2D eigenvalue weighted by atomic mass is 15.2. The smallest absolute Gasteiger partial charge is 0.109 e. The molecule has 0 aliphatic carbocycles. The molecule has 62 valence electrons. The van der Waals surface area contributed by atoms with E-state index in [1.165, 1.54) is 16.8 Å². The van der Waals surface area contributed by atoms with Crippen molar-refractivity contribution in [2.75, 3.05) is 18.6 Å². The number of fused-ring (bicyclic) bond motifs is 1. The molecule has 1 heterocycles. The fraction of sp³-hybridized carbons (Fsp3) is 0.300. The molecule has 0 saturated carbocycles. The third-order valence-corrected chi connectivity index (χ3v) is 2.17. The molecular weight excluding hydrogens is 148 g/mol. The lowest BCUT2D eigenvalue weighted by Gasteiger charge is -2.24. The third-order valence-electron chi connectivity index (χ3n) is 2.17. The van der Waals surface area contributed by atoms with Crippen LogP contribution in [0, 0.1) is 6.92 Å². The molecule has 0 N–H and O–H groups in total. The minimum absolute atomic E-state index is 0.776. The van der Waals surface area contributed by atoms with E-state index < -0.39 is 0 Å². The van der Waals surface area contributed by atoms with E-state index in [2.05, 4.69) is 42.1 Å². The number of aryl methyl sites for hydroxylation is 1. The number of para-hydroxylation sites is 1. The molecule has 1 aliphatic rings. The maximum absolute atomic E-state index is 4.24. The second-order valence-corrected chi connectivity index (χ2v) is 3.16. The van der Waals surface area contributed by atoms with E-state index in [0.717, 1.165) is 6.67 Å². The fourth-order valence-electron chi connectivity index (χ4n) is 1.64. The number of nitrogens with zero attached hydrogens (tertiary/aromatic N) is 2. The van der Waals surface area contributed by atoms with Crippen LogP contribution in [0.1, 0.15) is 11.1 Å². The van der Waals surface area contributed by atoms with E-state index in [1.807, 2.05) is 6.21 Å². The Kier molecular flexibility index (Phi) is 1.61. The molecule has 0 spiro atoms. The van der Waals surface area contributed by atoms with E-state index in [4.69, 9.17) is 0 Å². The van der Waals surface area contributed by atoms with Crippen LogP contribution in [0.15, 0.2) is 23.2 Å². The van der Waals surface area contributed by atoms with Crippen LogP contribution < -0.4 is 4.90 Å². The zero-order chi connectivity index (χ0) is 8.55. The Morgan fingerprint density at radius 2 is 2.25 bits per heavy atom. The molecule has 0 saturated heterocycles. The van der Waals surface area contributed by atoms with Crippen LogP contribution >= 0.6 is 0 Å². The molecule has 0 amide bonds. The number of rotatable bonds is 0. The Bertz CT molecular complexity index is 329. The summed E-state index contributed by atoms with van der Waals surface area (Å²) >= 11 is 0. The lowest BCUT2D eigenvalue weighted by atomic mass is 10.1. The monoisotopic (exact) mass is 160 g/mol. The first-order valence-corrected chi connectivity index (χ1v) is 4.09. The predicted molar refractivity (Wildman–Crippen MR) is 52.0 cm³/mol. The molecule has 0 atom stereocenters. The normalized spacial score (nSPS) is 14.7. The van der Waals surface area contributed by atoms with E-state index in [0.29, 0.717) is 0 Å². The first-order valence-electron chi connectivity index (χ1n) is 4.09. The summed E-state index contributed by atoms with van der Waals surface area (Å²) in [7, 11) is 2.07. The van der Waals surface area contributed by atoms with Crippen LogP contribution in [-0.4, -0.2) is 19.9 Å². The van der Waals surface area contributed by atoms with Gasteiger partial charge in [-0.3, -0.25) is 4.99 Å². The second kappa shape index (κ2) is 2.63. The Morgan fingerprint density at radius 1 is 1.42 bits per heavy atom. The standard InChI is InChI=1S/C10H12N2/c1-8-4-3-5-9-6-11-7-12(2)10(8)9/h3-6H,7H2,1-2H3. The summed E-state index contributed by atoms with van der Waals surface area (Å²) in [5, 5.41) is 0. The number of anilines is 1. The van der Waals surface area contributed by atoms with Gasteiger partial charge in [-0.15, -0.1) is 0 Å². The average Bonchev–Trinajstić information content (AvgIpc) is 2.04. The average molecular weight is 160 g/mol. The van der Waals surface area contributed by atoms with Gasteiger partial charge >= 0.3 is 0 Å². The number of hydrogen-bond donors (Lipinski definition) is 0. The van der Waals surface area contributed by atoms with Gasteiger partial charge in [0.15, 0.2) is 0 Å². The van der Waals surface area contributed by atoms with Crippen molar-refractivity contribution in [3.8, 4) is 0 Å². The van der Waals surface area contributed by atoms with E-state index in [9.17, 15) is 0 Å². The Hall–Kier alpha value is -1.31. The molecule has 2 heteroatoms. The van der Waals surface area contributed by atoms with Crippen LogP contribution in [0.2, 0.25) is 0 Å². The van der Waals surface area contributed by atoms with Crippen molar-refractivity contribution in [2.24, 2.45) is 4.99 Å². The molecule has 2 rings (SSSR count). The van der Waals surface area contributed by atoms with E-state index in [-0.39, 0.29) is 0 Å². The third kappa shape index (κ3) is 0.998. The molecule has 1 aromatic carbocycles. The number of aliphatic imine (C=N–C) groups is 1. The molecule has 0 unspecified atom stereocenters. The molecule has 1 aliphatic heterocycles. The van der Waals surface area contributed by atoms with Gasteiger partial charge in [0, 0.05) is 24.5 Å². The highest BCUT2D eigenvalue weighted by molar-refractivity contribution is 5.90. The summed E-state index contributed by atoms with van der Waals surface area (Å²) in [5.74, 6) is 0. The molecule has 0 aromatic heterocycles. The minimum Gasteiger partial charge on any atom is -0.355 e. The van der Waals surface area contributed by atoms with Crippen LogP contribution in [0.25, 0.3) is 0 Å². The van der Waals surface area contributed by atoms with Crippen LogP contribution in [0.4, 0.5) is 5.69 Å². The molecule has 2 nitrogen and oxygen atoms in total. The van der Waals surface area contributed by atoms with Crippen molar-refractivity contribution in [1.82, 2.24) is 0 Å². The summed E-state index contributed by atoms with van der Waals surface area (Å²) in [4.78, 5) is 6.41. The maximum atomic E-state index is 4.24. The van der Waals surface area contributed by atoms with Crippen molar-refractivity contribution in [3.63, 3.8) is 0 Å². The SMILES string of the molecule is Cc1cccc2c1N(C)CN=C2. The lowest BCUT2D eigenvalue weighted by molar-refractivity contribution is 0.917. The zero-order valence-corrected chi connectivity index (χ0v) is 7.41. The van der Waals surface area contributed by atoms with Gasteiger partial charge in [-0.2, -0.15) is 0 Å². The minimum atomic E-state index is 0.776. The summed E-state index contributed by atoms with van der Waals surface area (Å²) in [6.07, 6.45) is 1.95. The van der Waals surface area contributed by atoms with Crippen molar-refractivity contribution in [2.45, 2.75) is 6.92 Å². The van der Waals surface area contributed by atoms with Crippen LogP contribution in [0.5, 0.6) is 0 Å². The maximum Gasteiger partial charge on any atom is 0.109 e. The molecule has 0 fully saturated rings. The summed E-state index contributed by atoms with van der Waals surface area (Å²) in [6, 6.07) is 6.30. The Balaban J connectivity index is 2.62. The topological polar surface area (TPSA) is 15.6 Å². The predicted octanol–water partition coefficient (Wildman–Crippen LogP) is 1.82. The Labute approximate surface area is 72.5 Å². The zero-order valence-electron chi connectivity index (χ0n) is 7.41. The van der Waals surface area contributed by atoms with Gasteiger partial charge in [0.2, 0.25) is 0 Å². The van der Waals surface area contributed by atoms with Gasteiger partial charge in [0.05, 0.1) is 0 Å². The molecule has 12 heavy (non-hydrogen) atoms. The first-order chi connectivity index (χ1) is 5.79. The molecule has 1 aromatic rings. The van der Waals surface area contributed by atoms with Crippen molar-refractivity contribution in [3.05, 3.63) is 29.3 Å². The second-order valence-electron chi connectivity index (χ2n) is 3.16. The van der Waals surface area contributed by atoms with Gasteiger partial charge in [0.25, 0.3) is 0 Å². The largest absolute Gasteiger partial charge is 0.355 e. The van der Waals surface area contributed by atoms with Gasteiger partial charge in [-0.25, -0.2) is 0 Å². The number of hydrogen-bond acceptors (Lipinski definition) is 2. The van der Waals surface area contributed by atoms with Gasteiger partial charge in [-0.05, 0) is 12.5 Å². The Morgan fingerprint density at radius 3 is 3.00 bits per heavy atom. The first kappa shape index (κ1) is 7.35. The lowest BCUT2D eigenvalue weighted by Crippen LogP contribution is -2.22. The van der Waals surface area contributed by atoms with Gasteiger partial charge in [-0.1, -0.05) is 18.2 Å². The summed E-state index contributed by atoms with van der Waals surface area (Å²) in [6.45, 7) is 2.91. The highest BCUT2D eigenvalue weighted by Gasteiger charge is 2.10. The number of benzene rings is 1. The molecule has 0 radical (unpaired) electrons. The van der Waals surface area contributed by atoms with Gasteiger partial charge in [0.1, 0.15) is 6.67 Å². The molecular formula is C10H12N2. The summed E-state index contributed by atoms with van der Waals surface area (Å²) in [5.41, 5.74) is 3.86. The van der Waals surface area contributed by atoms with E-state index >= 15 is 0 Å². The quantitative estimate of drug-likeness (QED) is 0.565. The summed E-state index contributed by atoms with van der Waals surface area (Å²) < 4.78 is 0. The highest BCUT2D eigenvalue weighted by Crippen LogP contribution is 2.24. The van der Waals surface area contributed by atoms with Crippen LogP contribution in [0.3, 0.4) is 0 Å².